The second kappa shape index (κ2) is 8.46. The van der Waals surface area contributed by atoms with E-state index in [1.807, 2.05) is 19.9 Å². The van der Waals surface area contributed by atoms with Gasteiger partial charge in [0.05, 0.1) is 22.2 Å². The van der Waals surface area contributed by atoms with Gasteiger partial charge in [0.2, 0.25) is 0 Å². The van der Waals surface area contributed by atoms with Gasteiger partial charge in [-0.3, -0.25) is 0 Å². The molecule has 34 heavy (non-hydrogen) atoms. The molecular formula is C30H29BNO2. The van der Waals surface area contributed by atoms with E-state index in [2.05, 4.69) is 95.6 Å². The maximum Gasteiger partial charge on any atom is 0.330 e. The van der Waals surface area contributed by atoms with Gasteiger partial charge in [-0.2, -0.15) is 0 Å². The average Bonchev–Trinajstić information content (AvgIpc) is 3.16. The first-order valence-corrected chi connectivity index (χ1v) is 11.7. The van der Waals surface area contributed by atoms with Crippen LogP contribution >= 0.6 is 0 Å². The summed E-state index contributed by atoms with van der Waals surface area (Å²) in [5, 5.41) is 12.8. The molecule has 0 bridgehead atoms. The van der Waals surface area contributed by atoms with E-state index in [9.17, 15) is 5.11 Å². The first kappa shape index (κ1) is 22.5. The Kier molecular flexibility index (Phi) is 5.59. The largest absolute Gasteiger partial charge is 0.427 e. The van der Waals surface area contributed by atoms with Crippen LogP contribution in [0.3, 0.4) is 0 Å². The molecule has 0 saturated heterocycles. The predicted molar refractivity (Wildman–Crippen MR) is 143 cm³/mol. The van der Waals surface area contributed by atoms with Crippen LogP contribution in [0.1, 0.15) is 27.7 Å². The van der Waals surface area contributed by atoms with Crippen LogP contribution in [-0.4, -0.2) is 28.4 Å². The van der Waals surface area contributed by atoms with Crippen molar-refractivity contribution in [2.75, 3.05) is 0 Å². The Morgan fingerprint density at radius 3 is 2.00 bits per heavy atom. The molecule has 1 aromatic heterocycles. The van der Waals surface area contributed by atoms with Gasteiger partial charge in [0, 0.05) is 16.5 Å². The molecule has 0 aliphatic heterocycles. The summed E-state index contributed by atoms with van der Waals surface area (Å²) in [7, 11) is 1.75. The van der Waals surface area contributed by atoms with Gasteiger partial charge in [0.15, 0.2) is 0 Å². The topological polar surface area (TPSA) is 34.4 Å². The summed E-state index contributed by atoms with van der Waals surface area (Å²) in [6.45, 7) is 7.32. The van der Waals surface area contributed by atoms with E-state index in [4.69, 9.17) is 4.65 Å². The molecule has 0 atom stereocenters. The van der Waals surface area contributed by atoms with E-state index >= 15 is 0 Å². The maximum absolute atomic E-state index is 10.4. The van der Waals surface area contributed by atoms with Crippen LogP contribution in [0.5, 0.6) is 0 Å². The standard InChI is InChI=1S/C30H29BNO2/c1-29(2,33)30(3,4)34-31-23-16-19-28-26(20-23)25-12-8-9-13-27(25)32(28)24-17-14-22(15-18-24)21-10-6-5-7-11-21/h5-20,33H,1-4H3. The lowest BCUT2D eigenvalue weighted by Crippen LogP contribution is -2.49. The normalized spacial score (nSPS) is 12.4. The van der Waals surface area contributed by atoms with Gasteiger partial charge in [0.1, 0.15) is 0 Å². The lowest BCUT2D eigenvalue weighted by atomic mass is 9.82. The number of benzene rings is 4. The van der Waals surface area contributed by atoms with Crippen molar-refractivity contribution in [2.24, 2.45) is 0 Å². The highest BCUT2D eigenvalue weighted by atomic mass is 16.5. The van der Waals surface area contributed by atoms with Gasteiger partial charge in [-0.1, -0.05) is 78.3 Å². The van der Waals surface area contributed by atoms with Crippen LogP contribution in [0.15, 0.2) is 97.1 Å². The molecule has 0 saturated carbocycles. The van der Waals surface area contributed by atoms with E-state index in [1.165, 1.54) is 27.4 Å². The molecule has 0 fully saturated rings. The first-order valence-electron chi connectivity index (χ1n) is 11.7. The minimum absolute atomic E-state index is 0.712. The van der Waals surface area contributed by atoms with E-state index in [0.29, 0.717) is 0 Å². The lowest BCUT2D eigenvalue weighted by molar-refractivity contribution is -0.0893. The van der Waals surface area contributed by atoms with E-state index in [1.54, 1.807) is 21.3 Å². The predicted octanol–water partition coefficient (Wildman–Crippen LogP) is 6.26. The van der Waals surface area contributed by atoms with Gasteiger partial charge in [-0.25, -0.2) is 0 Å². The Morgan fingerprint density at radius 1 is 0.676 bits per heavy atom. The third-order valence-electron chi connectivity index (χ3n) is 6.89. The Morgan fingerprint density at radius 2 is 1.29 bits per heavy atom. The maximum atomic E-state index is 10.4. The molecule has 169 valence electrons. The quantitative estimate of drug-likeness (QED) is 0.313. The summed E-state index contributed by atoms with van der Waals surface area (Å²) in [6.07, 6.45) is 0. The summed E-state index contributed by atoms with van der Waals surface area (Å²) in [6, 6.07) is 34.0. The molecule has 0 aliphatic rings. The highest BCUT2D eigenvalue weighted by molar-refractivity contribution is 6.47. The number of aromatic nitrogens is 1. The van der Waals surface area contributed by atoms with Gasteiger partial charge in [0.25, 0.3) is 0 Å². The molecule has 5 aromatic rings. The van der Waals surface area contributed by atoms with Crippen LogP contribution < -0.4 is 5.46 Å². The van der Waals surface area contributed by atoms with E-state index in [-0.39, 0.29) is 0 Å². The summed E-state index contributed by atoms with van der Waals surface area (Å²) in [5.74, 6) is 0. The molecule has 3 nitrogen and oxygen atoms in total. The van der Waals surface area contributed by atoms with Crippen molar-refractivity contribution in [1.82, 2.24) is 4.57 Å². The molecule has 4 aromatic carbocycles. The van der Waals surface area contributed by atoms with E-state index < -0.39 is 11.2 Å². The van der Waals surface area contributed by atoms with Crippen molar-refractivity contribution >= 4 is 34.8 Å². The zero-order chi connectivity index (χ0) is 23.9. The smallest absolute Gasteiger partial charge is 0.330 e. The first-order chi connectivity index (χ1) is 16.2. The number of hydrogen-bond acceptors (Lipinski definition) is 2. The van der Waals surface area contributed by atoms with Gasteiger partial charge in [-0.15, -0.1) is 0 Å². The van der Waals surface area contributed by atoms with Crippen LogP contribution in [0.2, 0.25) is 0 Å². The van der Waals surface area contributed by atoms with Crippen molar-refractivity contribution in [3.63, 3.8) is 0 Å². The van der Waals surface area contributed by atoms with Crippen molar-refractivity contribution in [3.05, 3.63) is 97.1 Å². The van der Waals surface area contributed by atoms with Gasteiger partial charge in [-0.05, 0) is 63.1 Å². The van der Waals surface area contributed by atoms with E-state index in [0.717, 1.165) is 16.7 Å². The number of para-hydroxylation sites is 1. The molecule has 4 heteroatoms. The fourth-order valence-corrected chi connectivity index (χ4v) is 4.14. The summed E-state index contributed by atoms with van der Waals surface area (Å²) < 4.78 is 8.32. The molecule has 0 unspecified atom stereocenters. The minimum Gasteiger partial charge on any atom is -0.427 e. The second-order valence-electron chi connectivity index (χ2n) is 9.85. The van der Waals surface area contributed by atoms with Crippen molar-refractivity contribution in [2.45, 2.75) is 38.9 Å². The molecular weight excluding hydrogens is 417 g/mol. The highest BCUT2D eigenvalue weighted by Gasteiger charge is 2.35. The third-order valence-corrected chi connectivity index (χ3v) is 6.89. The zero-order valence-electron chi connectivity index (χ0n) is 20.1. The molecule has 0 amide bonds. The zero-order valence-corrected chi connectivity index (χ0v) is 20.1. The Bertz CT molecular complexity index is 1450. The molecule has 0 spiro atoms. The van der Waals surface area contributed by atoms with Crippen molar-refractivity contribution < 1.29 is 9.76 Å². The number of nitrogens with zero attached hydrogens (tertiary/aromatic N) is 1. The molecule has 1 heterocycles. The third kappa shape index (κ3) is 4.04. The lowest BCUT2D eigenvalue weighted by Gasteiger charge is -2.37. The number of fused-ring (bicyclic) bond motifs is 3. The minimum atomic E-state index is -0.963. The Labute approximate surface area is 201 Å². The SMILES string of the molecule is CC(C)(O)C(C)(C)O[B]c1ccc2c(c1)c1ccccc1n2-c1ccc(-c2ccccc2)cc1. The molecule has 1 N–H and O–H groups in total. The number of aliphatic hydroxyl groups is 1. The van der Waals surface area contributed by atoms with Crippen LogP contribution in [0, 0.1) is 0 Å². The second-order valence-corrected chi connectivity index (χ2v) is 9.85. The van der Waals surface area contributed by atoms with Crippen molar-refractivity contribution in [1.29, 1.82) is 0 Å². The summed E-state index contributed by atoms with van der Waals surface area (Å²) in [4.78, 5) is 0. The number of hydrogen-bond donors (Lipinski definition) is 1. The molecule has 1 radical (unpaired) electrons. The van der Waals surface area contributed by atoms with Gasteiger partial charge >= 0.3 is 7.48 Å². The Balaban J connectivity index is 1.55. The fourth-order valence-electron chi connectivity index (χ4n) is 4.14. The van der Waals surface area contributed by atoms with Crippen molar-refractivity contribution in [3.8, 4) is 16.8 Å². The monoisotopic (exact) mass is 446 g/mol. The molecule has 0 aliphatic carbocycles. The highest BCUT2D eigenvalue weighted by Crippen LogP contribution is 2.32. The fraction of sp³-hybridized carbons (Fsp3) is 0.200. The number of rotatable bonds is 6. The molecule has 5 rings (SSSR count). The average molecular weight is 446 g/mol. The Hall–Kier alpha value is -3.34. The summed E-state index contributed by atoms with van der Waals surface area (Å²) in [5.41, 5.74) is 5.15. The summed E-state index contributed by atoms with van der Waals surface area (Å²) >= 11 is 0. The van der Waals surface area contributed by atoms with Gasteiger partial charge < -0.3 is 14.3 Å². The van der Waals surface area contributed by atoms with Crippen LogP contribution in [0.25, 0.3) is 38.6 Å². The van der Waals surface area contributed by atoms with Crippen LogP contribution in [0.4, 0.5) is 0 Å². The van der Waals surface area contributed by atoms with Crippen LogP contribution in [-0.2, 0) is 4.65 Å².